The maximum Gasteiger partial charge on any atom is 0.160 e. The van der Waals surface area contributed by atoms with Crippen molar-refractivity contribution < 1.29 is 4.79 Å². The fourth-order valence-electron chi connectivity index (χ4n) is 1.73. The minimum atomic E-state index is 0.108. The van der Waals surface area contributed by atoms with Gasteiger partial charge in [-0.25, -0.2) is 0 Å². The van der Waals surface area contributed by atoms with Crippen LogP contribution in [0.1, 0.15) is 22.8 Å². The lowest BCUT2D eigenvalue weighted by Gasteiger charge is -2.05. The molecular formula is C13H12OS. The normalized spacial score (nSPS) is 10.5. The summed E-state index contributed by atoms with van der Waals surface area (Å²) in [5, 5.41) is 2.13. The molecule has 0 aromatic heterocycles. The Hall–Kier alpha value is -1.28. The molecule has 0 aliphatic heterocycles. The van der Waals surface area contributed by atoms with Gasteiger partial charge in [-0.1, -0.05) is 30.3 Å². The number of benzene rings is 2. The van der Waals surface area contributed by atoms with Crippen LogP contribution >= 0.6 is 12.6 Å². The van der Waals surface area contributed by atoms with Gasteiger partial charge in [0.15, 0.2) is 5.78 Å². The number of carbonyl (C=O) groups excluding carboxylic acids is 1. The SMILES string of the molecule is CC(=O)c1cccc2ccc(CS)cc12. The molecule has 0 radical (unpaired) electrons. The first kappa shape index (κ1) is 10.2. The Labute approximate surface area is 94.5 Å². The molecule has 0 heterocycles. The van der Waals surface area contributed by atoms with Gasteiger partial charge in [-0.05, 0) is 29.3 Å². The van der Waals surface area contributed by atoms with Gasteiger partial charge in [-0.15, -0.1) is 0 Å². The van der Waals surface area contributed by atoms with Crippen LogP contribution in [0.4, 0.5) is 0 Å². The highest BCUT2D eigenvalue weighted by atomic mass is 32.1. The Morgan fingerprint density at radius 1 is 1.27 bits per heavy atom. The summed E-state index contributed by atoms with van der Waals surface area (Å²) >= 11 is 4.24. The molecule has 1 nitrogen and oxygen atoms in total. The molecule has 0 aliphatic carbocycles. The maximum absolute atomic E-state index is 11.4. The Morgan fingerprint density at radius 3 is 2.73 bits per heavy atom. The van der Waals surface area contributed by atoms with Crippen LogP contribution in [0, 0.1) is 0 Å². The molecular weight excluding hydrogens is 204 g/mol. The number of fused-ring (bicyclic) bond motifs is 1. The summed E-state index contributed by atoms with van der Waals surface area (Å²) in [5.41, 5.74) is 1.93. The van der Waals surface area contributed by atoms with Crippen LogP contribution in [0.15, 0.2) is 36.4 Å². The van der Waals surface area contributed by atoms with E-state index in [4.69, 9.17) is 0 Å². The van der Waals surface area contributed by atoms with Crippen molar-refractivity contribution in [1.82, 2.24) is 0 Å². The van der Waals surface area contributed by atoms with Crippen LogP contribution in [0.5, 0.6) is 0 Å². The van der Waals surface area contributed by atoms with Crippen LogP contribution in [-0.4, -0.2) is 5.78 Å². The summed E-state index contributed by atoms with van der Waals surface area (Å²) in [7, 11) is 0. The van der Waals surface area contributed by atoms with Crippen LogP contribution in [0.25, 0.3) is 10.8 Å². The third kappa shape index (κ3) is 1.90. The van der Waals surface area contributed by atoms with E-state index in [1.165, 1.54) is 0 Å². The fraction of sp³-hybridized carbons (Fsp3) is 0.154. The first-order chi connectivity index (χ1) is 7.22. The molecule has 0 atom stereocenters. The monoisotopic (exact) mass is 216 g/mol. The average Bonchev–Trinajstić information content (AvgIpc) is 2.27. The predicted octanol–water partition coefficient (Wildman–Crippen LogP) is 3.47. The van der Waals surface area contributed by atoms with Crippen LogP contribution in [0.2, 0.25) is 0 Å². The lowest BCUT2D eigenvalue weighted by atomic mass is 10.0. The van der Waals surface area contributed by atoms with E-state index < -0.39 is 0 Å². The minimum Gasteiger partial charge on any atom is -0.294 e. The van der Waals surface area contributed by atoms with Crippen molar-refractivity contribution in [1.29, 1.82) is 0 Å². The summed E-state index contributed by atoms with van der Waals surface area (Å²) in [6, 6.07) is 11.9. The van der Waals surface area contributed by atoms with Gasteiger partial charge in [0.05, 0.1) is 0 Å². The number of rotatable bonds is 2. The molecule has 0 aliphatic rings. The van der Waals surface area contributed by atoms with Gasteiger partial charge in [0.1, 0.15) is 0 Å². The average molecular weight is 216 g/mol. The summed E-state index contributed by atoms with van der Waals surface area (Å²) in [6.45, 7) is 1.60. The molecule has 0 unspecified atom stereocenters. The highest BCUT2D eigenvalue weighted by Gasteiger charge is 2.05. The van der Waals surface area contributed by atoms with Crippen molar-refractivity contribution in [3.05, 3.63) is 47.5 Å². The number of hydrogen-bond donors (Lipinski definition) is 1. The second-order valence-corrected chi connectivity index (χ2v) is 3.89. The number of carbonyl (C=O) groups is 1. The minimum absolute atomic E-state index is 0.108. The molecule has 0 spiro atoms. The topological polar surface area (TPSA) is 17.1 Å². The van der Waals surface area contributed by atoms with Crippen LogP contribution in [-0.2, 0) is 5.75 Å². The molecule has 0 N–H and O–H groups in total. The van der Waals surface area contributed by atoms with E-state index in [2.05, 4.69) is 12.6 Å². The van der Waals surface area contributed by atoms with Crippen LogP contribution in [0.3, 0.4) is 0 Å². The third-order valence-electron chi connectivity index (χ3n) is 2.51. The summed E-state index contributed by atoms with van der Waals surface area (Å²) in [5.74, 6) is 0.805. The van der Waals surface area contributed by atoms with Crippen molar-refractivity contribution in [3.8, 4) is 0 Å². The van der Waals surface area contributed by atoms with E-state index in [9.17, 15) is 4.79 Å². The predicted molar refractivity (Wildman–Crippen MR) is 66.6 cm³/mol. The first-order valence-electron chi connectivity index (χ1n) is 4.86. The van der Waals surface area contributed by atoms with Crippen LogP contribution < -0.4 is 0 Å². The van der Waals surface area contributed by atoms with Crippen molar-refractivity contribution in [2.75, 3.05) is 0 Å². The van der Waals surface area contributed by atoms with E-state index >= 15 is 0 Å². The van der Waals surface area contributed by atoms with E-state index in [1.807, 2.05) is 36.4 Å². The zero-order chi connectivity index (χ0) is 10.8. The number of Topliss-reactive ketones (excluding diaryl/α,β-unsaturated/α-hetero) is 1. The maximum atomic E-state index is 11.4. The highest BCUT2D eigenvalue weighted by Crippen LogP contribution is 2.21. The standard InChI is InChI=1S/C13H12OS/c1-9(14)12-4-2-3-11-6-5-10(8-15)7-13(11)12/h2-7,15H,8H2,1H3. The molecule has 0 fully saturated rings. The van der Waals surface area contributed by atoms with E-state index in [1.54, 1.807) is 6.92 Å². The molecule has 2 aromatic rings. The zero-order valence-corrected chi connectivity index (χ0v) is 9.42. The van der Waals surface area contributed by atoms with Crippen molar-refractivity contribution >= 4 is 29.2 Å². The molecule has 0 bridgehead atoms. The smallest absolute Gasteiger partial charge is 0.160 e. The number of hydrogen-bond acceptors (Lipinski definition) is 2. The van der Waals surface area contributed by atoms with Gasteiger partial charge in [-0.3, -0.25) is 4.79 Å². The molecule has 2 aromatic carbocycles. The Bertz CT molecular complexity index is 517. The second-order valence-electron chi connectivity index (χ2n) is 3.58. The first-order valence-corrected chi connectivity index (χ1v) is 5.49. The van der Waals surface area contributed by atoms with E-state index in [0.717, 1.165) is 21.9 Å². The summed E-state index contributed by atoms with van der Waals surface area (Å²) in [4.78, 5) is 11.4. The van der Waals surface area contributed by atoms with Crippen molar-refractivity contribution in [2.24, 2.45) is 0 Å². The molecule has 0 saturated carbocycles. The van der Waals surface area contributed by atoms with Gasteiger partial charge >= 0.3 is 0 Å². The second kappa shape index (κ2) is 4.07. The third-order valence-corrected chi connectivity index (χ3v) is 2.87. The molecule has 2 heteroatoms. The molecule has 0 saturated heterocycles. The van der Waals surface area contributed by atoms with E-state index in [0.29, 0.717) is 5.75 Å². The molecule has 0 amide bonds. The van der Waals surface area contributed by atoms with Gasteiger partial charge in [0.25, 0.3) is 0 Å². The zero-order valence-electron chi connectivity index (χ0n) is 8.53. The Morgan fingerprint density at radius 2 is 2.07 bits per heavy atom. The molecule has 2 rings (SSSR count). The summed E-state index contributed by atoms with van der Waals surface area (Å²) < 4.78 is 0. The van der Waals surface area contributed by atoms with Gasteiger partial charge in [-0.2, -0.15) is 12.6 Å². The lowest BCUT2D eigenvalue weighted by molar-refractivity contribution is 0.101. The Kier molecular flexibility index (Phi) is 2.78. The van der Waals surface area contributed by atoms with Crippen molar-refractivity contribution in [2.45, 2.75) is 12.7 Å². The quantitative estimate of drug-likeness (QED) is 0.601. The van der Waals surface area contributed by atoms with Crippen molar-refractivity contribution in [3.63, 3.8) is 0 Å². The number of thiol groups is 1. The lowest BCUT2D eigenvalue weighted by Crippen LogP contribution is -1.93. The van der Waals surface area contributed by atoms with Gasteiger partial charge in [0.2, 0.25) is 0 Å². The van der Waals surface area contributed by atoms with Gasteiger partial charge in [0, 0.05) is 11.3 Å². The van der Waals surface area contributed by atoms with Gasteiger partial charge < -0.3 is 0 Å². The number of ketones is 1. The largest absolute Gasteiger partial charge is 0.294 e. The summed E-state index contributed by atoms with van der Waals surface area (Å²) in [6.07, 6.45) is 0. The molecule has 76 valence electrons. The molecule has 15 heavy (non-hydrogen) atoms. The fourth-order valence-corrected chi connectivity index (χ4v) is 1.92. The van der Waals surface area contributed by atoms with E-state index in [-0.39, 0.29) is 5.78 Å². The highest BCUT2D eigenvalue weighted by molar-refractivity contribution is 7.79. The Balaban J connectivity index is 2.76.